The summed E-state index contributed by atoms with van der Waals surface area (Å²) in [6, 6.07) is 1.41. The van der Waals surface area contributed by atoms with Gasteiger partial charge in [-0.2, -0.15) is 0 Å². The van der Waals surface area contributed by atoms with Gasteiger partial charge in [0, 0.05) is 25.2 Å². The lowest BCUT2D eigenvalue weighted by molar-refractivity contribution is 0.182. The second-order valence-corrected chi connectivity index (χ2v) is 5.98. The predicted molar refractivity (Wildman–Crippen MR) is 80.1 cm³/mol. The van der Waals surface area contributed by atoms with Crippen LogP contribution in [0, 0.1) is 0 Å². The molecular weight excluding hydrogens is 222 g/mol. The van der Waals surface area contributed by atoms with Gasteiger partial charge in [0.2, 0.25) is 0 Å². The molecule has 1 fully saturated rings. The Hall–Kier alpha value is -0.120. The van der Waals surface area contributed by atoms with Crippen molar-refractivity contribution in [2.24, 2.45) is 0 Å². The van der Waals surface area contributed by atoms with Crippen molar-refractivity contribution >= 4 is 0 Å². The van der Waals surface area contributed by atoms with Gasteiger partial charge >= 0.3 is 0 Å². The summed E-state index contributed by atoms with van der Waals surface area (Å²) in [5.74, 6) is 0. The molecule has 0 aromatic carbocycles. The van der Waals surface area contributed by atoms with E-state index in [-0.39, 0.29) is 0 Å². The molecule has 3 heteroatoms. The highest BCUT2D eigenvalue weighted by Gasteiger charge is 2.23. The molecule has 0 aromatic rings. The maximum Gasteiger partial charge on any atom is 0.0220 e. The van der Waals surface area contributed by atoms with Crippen molar-refractivity contribution in [3.05, 3.63) is 0 Å². The molecule has 108 valence electrons. The molecule has 18 heavy (non-hydrogen) atoms. The van der Waals surface area contributed by atoms with Crippen LogP contribution in [0.1, 0.15) is 46.0 Å². The van der Waals surface area contributed by atoms with Crippen LogP contribution in [0.3, 0.4) is 0 Å². The molecule has 1 saturated heterocycles. The van der Waals surface area contributed by atoms with Crippen molar-refractivity contribution in [2.45, 2.75) is 58.0 Å². The van der Waals surface area contributed by atoms with Gasteiger partial charge in [-0.3, -0.25) is 0 Å². The molecule has 0 bridgehead atoms. The van der Waals surface area contributed by atoms with Crippen LogP contribution >= 0.6 is 0 Å². The SMILES string of the molecule is CCCCCNCC(C)N(C)CC1CCCN1C. The van der Waals surface area contributed by atoms with Crippen LogP contribution in [-0.4, -0.2) is 62.2 Å². The molecule has 1 aliphatic rings. The summed E-state index contributed by atoms with van der Waals surface area (Å²) in [5.41, 5.74) is 0. The lowest BCUT2D eigenvalue weighted by atomic mass is 10.2. The summed E-state index contributed by atoms with van der Waals surface area (Å²) in [6.07, 6.45) is 6.73. The number of likely N-dealkylation sites (tertiary alicyclic amines) is 1. The minimum absolute atomic E-state index is 0.639. The fourth-order valence-electron chi connectivity index (χ4n) is 2.69. The molecule has 0 aromatic heterocycles. The highest BCUT2D eigenvalue weighted by atomic mass is 15.2. The molecule has 0 spiro atoms. The molecule has 1 rings (SSSR count). The fourth-order valence-corrected chi connectivity index (χ4v) is 2.69. The smallest absolute Gasteiger partial charge is 0.0220 e. The van der Waals surface area contributed by atoms with Gasteiger partial charge in [-0.05, 0) is 53.4 Å². The maximum absolute atomic E-state index is 3.58. The van der Waals surface area contributed by atoms with Crippen molar-refractivity contribution < 1.29 is 0 Å². The zero-order chi connectivity index (χ0) is 13.4. The normalized spacial score (nSPS) is 22.8. The number of hydrogen-bond acceptors (Lipinski definition) is 3. The summed E-state index contributed by atoms with van der Waals surface area (Å²) >= 11 is 0. The van der Waals surface area contributed by atoms with E-state index in [4.69, 9.17) is 0 Å². The molecule has 2 unspecified atom stereocenters. The molecule has 1 N–H and O–H groups in total. The molecule has 0 radical (unpaired) electrons. The van der Waals surface area contributed by atoms with Crippen LogP contribution in [0.4, 0.5) is 0 Å². The monoisotopic (exact) mass is 255 g/mol. The van der Waals surface area contributed by atoms with Gasteiger partial charge in [-0.15, -0.1) is 0 Å². The van der Waals surface area contributed by atoms with E-state index >= 15 is 0 Å². The van der Waals surface area contributed by atoms with Gasteiger partial charge < -0.3 is 15.1 Å². The van der Waals surface area contributed by atoms with Crippen molar-refractivity contribution in [3.8, 4) is 0 Å². The molecule has 0 amide bonds. The first kappa shape index (κ1) is 15.9. The number of nitrogens with one attached hydrogen (secondary N) is 1. The Morgan fingerprint density at radius 3 is 2.78 bits per heavy atom. The third-order valence-electron chi connectivity index (χ3n) is 4.32. The number of nitrogens with zero attached hydrogens (tertiary/aromatic N) is 2. The molecule has 1 aliphatic heterocycles. The third kappa shape index (κ3) is 5.68. The van der Waals surface area contributed by atoms with Gasteiger partial charge in [0.1, 0.15) is 0 Å². The van der Waals surface area contributed by atoms with Gasteiger partial charge in [0.15, 0.2) is 0 Å². The molecular formula is C15H33N3. The third-order valence-corrected chi connectivity index (χ3v) is 4.32. The molecule has 0 aliphatic carbocycles. The lowest BCUT2D eigenvalue weighted by Crippen LogP contribution is -2.44. The minimum Gasteiger partial charge on any atom is -0.315 e. The first-order valence-electron chi connectivity index (χ1n) is 7.76. The molecule has 3 nitrogen and oxygen atoms in total. The van der Waals surface area contributed by atoms with Crippen LogP contribution in [-0.2, 0) is 0 Å². The summed E-state index contributed by atoms with van der Waals surface area (Å²) in [5, 5.41) is 3.58. The number of unbranched alkanes of at least 4 members (excludes halogenated alkanes) is 2. The minimum atomic E-state index is 0.639. The zero-order valence-electron chi connectivity index (χ0n) is 12.9. The average Bonchev–Trinajstić information content (AvgIpc) is 2.74. The number of rotatable bonds is 9. The van der Waals surface area contributed by atoms with Crippen LogP contribution < -0.4 is 5.32 Å². The first-order chi connectivity index (χ1) is 8.65. The Bertz CT molecular complexity index is 208. The second kappa shape index (κ2) is 8.89. The van der Waals surface area contributed by atoms with Gasteiger partial charge in [0.05, 0.1) is 0 Å². The van der Waals surface area contributed by atoms with E-state index in [1.54, 1.807) is 0 Å². The van der Waals surface area contributed by atoms with E-state index in [9.17, 15) is 0 Å². The maximum atomic E-state index is 3.58. The zero-order valence-corrected chi connectivity index (χ0v) is 12.9. The Kier molecular flexibility index (Phi) is 7.87. The van der Waals surface area contributed by atoms with Crippen molar-refractivity contribution in [1.82, 2.24) is 15.1 Å². The van der Waals surface area contributed by atoms with E-state index in [2.05, 4.69) is 43.1 Å². The van der Waals surface area contributed by atoms with Crippen molar-refractivity contribution in [3.63, 3.8) is 0 Å². The van der Waals surface area contributed by atoms with E-state index in [1.807, 2.05) is 0 Å². The predicted octanol–water partition coefficient (Wildman–Crippen LogP) is 2.18. The summed E-state index contributed by atoms with van der Waals surface area (Å²) in [6.45, 7) is 9.39. The van der Waals surface area contributed by atoms with Crippen LogP contribution in [0.25, 0.3) is 0 Å². The van der Waals surface area contributed by atoms with Crippen molar-refractivity contribution in [2.75, 3.05) is 40.3 Å². The lowest BCUT2D eigenvalue weighted by Gasteiger charge is -2.30. The Morgan fingerprint density at radius 2 is 2.17 bits per heavy atom. The van der Waals surface area contributed by atoms with Crippen LogP contribution in [0.2, 0.25) is 0 Å². The largest absolute Gasteiger partial charge is 0.315 e. The second-order valence-electron chi connectivity index (χ2n) is 5.98. The summed E-state index contributed by atoms with van der Waals surface area (Å²) in [7, 11) is 4.53. The Labute approximate surface area is 114 Å². The number of likely N-dealkylation sites (N-methyl/N-ethyl adjacent to an activating group) is 2. The Balaban J connectivity index is 2.10. The first-order valence-corrected chi connectivity index (χ1v) is 7.76. The van der Waals surface area contributed by atoms with Gasteiger partial charge in [-0.1, -0.05) is 19.8 Å². The van der Waals surface area contributed by atoms with E-state index in [0.29, 0.717) is 6.04 Å². The highest BCUT2D eigenvalue weighted by Crippen LogP contribution is 2.16. The topological polar surface area (TPSA) is 18.5 Å². The molecule has 2 atom stereocenters. The molecule has 1 heterocycles. The van der Waals surface area contributed by atoms with E-state index in [0.717, 1.165) is 12.6 Å². The molecule has 0 saturated carbocycles. The van der Waals surface area contributed by atoms with Crippen molar-refractivity contribution in [1.29, 1.82) is 0 Å². The quantitative estimate of drug-likeness (QED) is 0.637. The average molecular weight is 255 g/mol. The van der Waals surface area contributed by atoms with Gasteiger partial charge in [0.25, 0.3) is 0 Å². The van der Waals surface area contributed by atoms with Gasteiger partial charge in [-0.25, -0.2) is 0 Å². The van der Waals surface area contributed by atoms with E-state index < -0.39 is 0 Å². The summed E-state index contributed by atoms with van der Waals surface area (Å²) in [4.78, 5) is 5.03. The number of hydrogen-bond donors (Lipinski definition) is 1. The standard InChI is InChI=1S/C15H33N3/c1-5-6-7-10-16-12-14(2)18(4)13-15-9-8-11-17(15)3/h14-16H,5-13H2,1-4H3. The highest BCUT2D eigenvalue weighted by molar-refractivity contribution is 4.80. The van der Waals surface area contributed by atoms with E-state index in [1.165, 1.54) is 51.7 Å². The van der Waals surface area contributed by atoms with Crippen LogP contribution in [0.5, 0.6) is 0 Å². The fraction of sp³-hybridized carbons (Fsp3) is 1.00. The van der Waals surface area contributed by atoms with Crippen LogP contribution in [0.15, 0.2) is 0 Å². The Morgan fingerprint density at radius 1 is 1.39 bits per heavy atom. The summed E-state index contributed by atoms with van der Waals surface area (Å²) < 4.78 is 0.